The minimum atomic E-state index is 0.418. The number of guanidine groups is 1. The van der Waals surface area contributed by atoms with Gasteiger partial charge >= 0.3 is 0 Å². The second-order valence-electron chi connectivity index (χ2n) is 6.82. The molecule has 1 atom stereocenters. The van der Waals surface area contributed by atoms with Crippen LogP contribution < -0.4 is 20.1 Å². The lowest BCUT2D eigenvalue weighted by Gasteiger charge is -2.32. The molecule has 1 unspecified atom stereocenters. The van der Waals surface area contributed by atoms with E-state index in [-0.39, 0.29) is 0 Å². The summed E-state index contributed by atoms with van der Waals surface area (Å²) in [5, 5.41) is 8.97. The molecular weight excluding hydrogens is 372 g/mol. The van der Waals surface area contributed by atoms with Crippen molar-refractivity contribution in [1.82, 2.24) is 10.2 Å². The third-order valence-corrected chi connectivity index (χ3v) is 6.00. The highest BCUT2D eigenvalue weighted by Gasteiger charge is 2.21. The summed E-state index contributed by atoms with van der Waals surface area (Å²) in [7, 11) is 3.43. The minimum Gasteiger partial charge on any atom is -0.493 e. The van der Waals surface area contributed by atoms with Crippen LogP contribution in [0.1, 0.15) is 24.3 Å². The van der Waals surface area contributed by atoms with Gasteiger partial charge in [0, 0.05) is 49.4 Å². The molecule has 0 fully saturated rings. The Balaban J connectivity index is 1.55. The fraction of sp³-hybridized carbons (Fsp3) is 0.476. The third kappa shape index (κ3) is 4.97. The van der Waals surface area contributed by atoms with Gasteiger partial charge in [-0.25, -0.2) is 0 Å². The fourth-order valence-electron chi connectivity index (χ4n) is 3.36. The summed E-state index contributed by atoms with van der Waals surface area (Å²) in [6.45, 7) is 7.79. The van der Waals surface area contributed by atoms with Crippen LogP contribution in [0.15, 0.2) is 34.6 Å². The first-order valence-corrected chi connectivity index (χ1v) is 10.6. The second-order valence-corrected chi connectivity index (χ2v) is 7.82. The molecule has 0 saturated heterocycles. The zero-order valence-corrected chi connectivity index (χ0v) is 17.9. The molecule has 152 valence electrons. The molecule has 0 bridgehead atoms. The molecule has 0 radical (unpaired) electrons. The summed E-state index contributed by atoms with van der Waals surface area (Å²) in [4.78, 5) is 8.41. The molecule has 0 spiro atoms. The third-order valence-electron chi connectivity index (χ3n) is 4.98. The molecule has 0 aliphatic carbocycles. The molecule has 1 aromatic carbocycles. The second kappa shape index (κ2) is 9.80. The number of fused-ring (bicyclic) bond motifs is 1. The van der Waals surface area contributed by atoms with E-state index >= 15 is 0 Å². The smallest absolute Gasteiger partial charge is 0.195 e. The molecule has 7 heteroatoms. The van der Waals surface area contributed by atoms with Gasteiger partial charge < -0.3 is 20.1 Å². The van der Waals surface area contributed by atoms with Crippen LogP contribution >= 0.6 is 11.3 Å². The maximum Gasteiger partial charge on any atom is 0.195 e. The summed E-state index contributed by atoms with van der Waals surface area (Å²) in [6.07, 6.45) is 1.15. The van der Waals surface area contributed by atoms with Crippen molar-refractivity contribution in [2.45, 2.75) is 32.9 Å². The van der Waals surface area contributed by atoms with E-state index in [1.165, 1.54) is 5.56 Å². The molecule has 6 nitrogen and oxygen atoms in total. The number of benzene rings is 1. The Bertz CT molecular complexity index is 805. The Labute approximate surface area is 171 Å². The monoisotopic (exact) mass is 402 g/mol. The van der Waals surface area contributed by atoms with Gasteiger partial charge in [0.2, 0.25) is 0 Å². The van der Waals surface area contributed by atoms with Gasteiger partial charge in [-0.1, -0.05) is 0 Å². The van der Waals surface area contributed by atoms with E-state index in [0.717, 1.165) is 43.5 Å². The number of ether oxygens (including phenoxy) is 2. The van der Waals surface area contributed by atoms with Crippen LogP contribution in [-0.4, -0.2) is 50.8 Å². The summed E-state index contributed by atoms with van der Waals surface area (Å²) >= 11 is 1.88. The molecule has 2 heterocycles. The maximum atomic E-state index is 5.58. The normalized spacial score (nSPS) is 15.6. The first-order valence-electron chi connectivity index (χ1n) is 9.72. The van der Waals surface area contributed by atoms with Crippen molar-refractivity contribution in [2.24, 2.45) is 4.99 Å². The van der Waals surface area contributed by atoms with Gasteiger partial charge in [-0.15, -0.1) is 11.3 Å². The Hall–Kier alpha value is -2.25. The quantitative estimate of drug-likeness (QED) is 0.548. The van der Waals surface area contributed by atoms with Crippen LogP contribution in [0.3, 0.4) is 0 Å². The van der Waals surface area contributed by atoms with Crippen LogP contribution in [-0.2, 0) is 13.0 Å². The number of aliphatic imine (C=N–C) groups is 1. The van der Waals surface area contributed by atoms with E-state index in [2.05, 4.69) is 38.9 Å². The van der Waals surface area contributed by atoms with Gasteiger partial charge in [-0.3, -0.25) is 9.89 Å². The standard InChI is InChI=1S/C21H30N4O2S/c1-5-27-18-7-6-17(12-19(18)26-4)24-21(22-3)23-13-15(2)25-10-8-20-16(14-25)9-11-28-20/h6-7,9,11-12,15H,5,8,10,13-14H2,1-4H3,(H2,22,23,24). The van der Waals surface area contributed by atoms with E-state index in [1.54, 1.807) is 19.0 Å². The molecule has 1 aromatic heterocycles. The van der Waals surface area contributed by atoms with E-state index < -0.39 is 0 Å². The van der Waals surface area contributed by atoms with Gasteiger partial charge in [-0.2, -0.15) is 0 Å². The fourth-order valence-corrected chi connectivity index (χ4v) is 4.25. The van der Waals surface area contributed by atoms with E-state index in [4.69, 9.17) is 9.47 Å². The average molecular weight is 403 g/mol. The molecule has 2 aromatic rings. The zero-order chi connectivity index (χ0) is 19.9. The van der Waals surface area contributed by atoms with Crippen molar-refractivity contribution in [2.75, 3.05) is 39.2 Å². The number of hydrogen-bond donors (Lipinski definition) is 2. The summed E-state index contributed by atoms with van der Waals surface area (Å²) in [6, 6.07) is 8.47. The largest absolute Gasteiger partial charge is 0.493 e. The topological polar surface area (TPSA) is 58.1 Å². The van der Waals surface area contributed by atoms with Crippen molar-refractivity contribution >= 4 is 23.0 Å². The van der Waals surface area contributed by atoms with E-state index in [1.807, 2.05) is 36.5 Å². The Kier molecular flexibility index (Phi) is 7.17. The first kappa shape index (κ1) is 20.5. The summed E-state index contributed by atoms with van der Waals surface area (Å²) in [5.74, 6) is 2.19. The van der Waals surface area contributed by atoms with Gasteiger partial charge in [-0.05, 0) is 49.4 Å². The lowest BCUT2D eigenvalue weighted by molar-refractivity contribution is 0.193. The Morgan fingerprint density at radius 3 is 2.93 bits per heavy atom. The molecule has 0 saturated carbocycles. The lowest BCUT2D eigenvalue weighted by atomic mass is 10.1. The minimum absolute atomic E-state index is 0.418. The number of hydrogen-bond acceptors (Lipinski definition) is 5. The highest BCUT2D eigenvalue weighted by Crippen LogP contribution is 2.30. The molecule has 28 heavy (non-hydrogen) atoms. The molecule has 0 amide bonds. The predicted molar refractivity (Wildman–Crippen MR) is 117 cm³/mol. The van der Waals surface area contributed by atoms with Crippen LogP contribution in [0.4, 0.5) is 5.69 Å². The van der Waals surface area contributed by atoms with Gasteiger partial charge in [0.1, 0.15) is 0 Å². The lowest BCUT2D eigenvalue weighted by Crippen LogP contribution is -2.45. The zero-order valence-electron chi connectivity index (χ0n) is 17.1. The van der Waals surface area contributed by atoms with Gasteiger partial charge in [0.05, 0.1) is 13.7 Å². The average Bonchev–Trinajstić information content (AvgIpc) is 3.19. The molecule has 2 N–H and O–H groups in total. The van der Waals surface area contributed by atoms with Crippen LogP contribution in [0, 0.1) is 0 Å². The van der Waals surface area contributed by atoms with Crippen molar-refractivity contribution in [1.29, 1.82) is 0 Å². The van der Waals surface area contributed by atoms with Crippen LogP contribution in [0.2, 0.25) is 0 Å². The number of rotatable bonds is 7. The Morgan fingerprint density at radius 1 is 1.32 bits per heavy atom. The number of methoxy groups -OCH3 is 1. The summed E-state index contributed by atoms with van der Waals surface area (Å²) < 4.78 is 11.0. The highest BCUT2D eigenvalue weighted by atomic mass is 32.1. The Morgan fingerprint density at radius 2 is 2.18 bits per heavy atom. The van der Waals surface area contributed by atoms with Crippen molar-refractivity contribution in [3.8, 4) is 11.5 Å². The van der Waals surface area contributed by atoms with Gasteiger partial charge in [0.25, 0.3) is 0 Å². The number of thiophene rings is 1. The van der Waals surface area contributed by atoms with Crippen molar-refractivity contribution < 1.29 is 9.47 Å². The van der Waals surface area contributed by atoms with Crippen molar-refractivity contribution in [3.63, 3.8) is 0 Å². The molecular formula is C21H30N4O2S. The van der Waals surface area contributed by atoms with Crippen LogP contribution in [0.25, 0.3) is 0 Å². The molecule has 1 aliphatic heterocycles. The number of nitrogens with one attached hydrogen (secondary N) is 2. The maximum absolute atomic E-state index is 5.58. The van der Waals surface area contributed by atoms with E-state index in [0.29, 0.717) is 18.4 Å². The highest BCUT2D eigenvalue weighted by molar-refractivity contribution is 7.10. The van der Waals surface area contributed by atoms with Crippen molar-refractivity contribution in [3.05, 3.63) is 40.1 Å². The molecule has 1 aliphatic rings. The van der Waals surface area contributed by atoms with Crippen LogP contribution in [0.5, 0.6) is 11.5 Å². The predicted octanol–water partition coefficient (Wildman–Crippen LogP) is 3.59. The summed E-state index contributed by atoms with van der Waals surface area (Å²) in [5.41, 5.74) is 2.38. The number of nitrogens with zero attached hydrogens (tertiary/aromatic N) is 2. The SMILES string of the molecule is CCOc1ccc(NC(=NC)NCC(C)N2CCc3sccc3C2)cc1OC. The first-order chi connectivity index (χ1) is 13.6. The van der Waals surface area contributed by atoms with E-state index in [9.17, 15) is 0 Å². The van der Waals surface area contributed by atoms with Gasteiger partial charge in [0.15, 0.2) is 17.5 Å². The number of anilines is 1. The molecule has 3 rings (SSSR count).